The molecule has 0 bridgehead atoms. The lowest BCUT2D eigenvalue weighted by Gasteiger charge is -2.02. The highest BCUT2D eigenvalue weighted by molar-refractivity contribution is 7.18. The number of hydrogen-bond donors (Lipinski definition) is 3. The molecule has 0 fully saturated rings. The molecule has 110 valence electrons. The van der Waals surface area contributed by atoms with Gasteiger partial charge in [-0.1, -0.05) is 11.3 Å². The average Bonchev–Trinajstić information content (AvgIpc) is 2.87. The zero-order chi connectivity index (χ0) is 15.2. The van der Waals surface area contributed by atoms with Crippen molar-refractivity contribution in [3.8, 4) is 10.6 Å². The summed E-state index contributed by atoms with van der Waals surface area (Å²) in [6.07, 6.45) is 1.70. The largest absolute Gasteiger partial charge is 0.374 e. The van der Waals surface area contributed by atoms with E-state index in [1.807, 2.05) is 24.3 Å². The Bertz CT molecular complexity index is 639. The Kier molecular flexibility index (Phi) is 4.83. The van der Waals surface area contributed by atoms with Crippen molar-refractivity contribution in [3.63, 3.8) is 0 Å². The van der Waals surface area contributed by atoms with Gasteiger partial charge in [-0.3, -0.25) is 0 Å². The van der Waals surface area contributed by atoms with Crippen LogP contribution >= 0.6 is 11.3 Å². The van der Waals surface area contributed by atoms with Crippen LogP contribution in [0.5, 0.6) is 0 Å². The van der Waals surface area contributed by atoms with Gasteiger partial charge in [0.15, 0.2) is 5.96 Å². The van der Waals surface area contributed by atoms with Crippen LogP contribution in [0.1, 0.15) is 13.8 Å². The van der Waals surface area contributed by atoms with Crippen LogP contribution in [-0.4, -0.2) is 28.5 Å². The number of aliphatic imine (C=N–C) groups is 2. The number of benzene rings is 1. The number of nitrogens with two attached hydrogens (primary N) is 2. The summed E-state index contributed by atoms with van der Waals surface area (Å²) < 4.78 is 0. The van der Waals surface area contributed by atoms with Crippen LogP contribution < -0.4 is 16.8 Å². The minimum Gasteiger partial charge on any atom is -0.374 e. The summed E-state index contributed by atoms with van der Waals surface area (Å²) in [6, 6.07) is 8.05. The van der Waals surface area contributed by atoms with Crippen LogP contribution in [0.15, 0.2) is 34.3 Å². The maximum absolute atomic E-state index is 5.30. The molecule has 1 aromatic heterocycles. The van der Waals surface area contributed by atoms with Crippen LogP contribution in [0.3, 0.4) is 0 Å². The summed E-state index contributed by atoms with van der Waals surface area (Å²) in [5.41, 5.74) is 12.4. The van der Waals surface area contributed by atoms with Crippen LogP contribution in [0, 0.1) is 0 Å². The predicted molar refractivity (Wildman–Crippen MR) is 87.2 cm³/mol. The second kappa shape index (κ2) is 6.80. The topological polar surface area (TPSA) is 115 Å². The molecular weight excluding hydrogens is 286 g/mol. The van der Waals surface area contributed by atoms with Gasteiger partial charge in [0.05, 0.1) is 12.0 Å². The van der Waals surface area contributed by atoms with Crippen molar-refractivity contribution < 1.29 is 0 Å². The lowest BCUT2D eigenvalue weighted by atomic mass is 10.2. The Morgan fingerprint density at radius 1 is 1.24 bits per heavy atom. The Morgan fingerprint density at radius 2 is 1.95 bits per heavy atom. The Hall–Kier alpha value is -2.48. The molecule has 0 spiro atoms. The first-order valence-electron chi connectivity index (χ1n) is 6.37. The zero-order valence-corrected chi connectivity index (χ0v) is 12.6. The Balaban J connectivity index is 2.10. The van der Waals surface area contributed by atoms with Crippen molar-refractivity contribution >= 4 is 34.5 Å². The van der Waals surface area contributed by atoms with E-state index in [2.05, 4.69) is 39.3 Å². The van der Waals surface area contributed by atoms with E-state index in [0.29, 0.717) is 11.2 Å². The first kappa shape index (κ1) is 14.9. The minimum atomic E-state index is -0.0277. The normalized spacial score (nSPS) is 11.0. The van der Waals surface area contributed by atoms with E-state index in [1.54, 1.807) is 6.34 Å². The third kappa shape index (κ3) is 4.53. The van der Waals surface area contributed by atoms with Gasteiger partial charge in [0.2, 0.25) is 5.13 Å². The van der Waals surface area contributed by atoms with E-state index in [4.69, 9.17) is 11.5 Å². The summed E-state index contributed by atoms with van der Waals surface area (Å²) >= 11 is 1.32. The average molecular weight is 303 g/mol. The van der Waals surface area contributed by atoms with Crippen LogP contribution in [0.2, 0.25) is 0 Å². The highest BCUT2D eigenvalue weighted by atomic mass is 32.1. The van der Waals surface area contributed by atoms with Gasteiger partial charge >= 0.3 is 0 Å². The van der Waals surface area contributed by atoms with Crippen molar-refractivity contribution in [2.45, 2.75) is 19.9 Å². The monoisotopic (exact) mass is 303 g/mol. The third-order valence-electron chi connectivity index (χ3n) is 2.37. The molecule has 0 amide bonds. The zero-order valence-electron chi connectivity index (χ0n) is 11.8. The highest BCUT2D eigenvalue weighted by Crippen LogP contribution is 2.28. The molecule has 8 heteroatoms. The quantitative estimate of drug-likeness (QED) is 0.575. The number of nitrogens with zero attached hydrogens (tertiary/aromatic N) is 4. The number of aromatic nitrogens is 2. The molecule has 5 N–H and O–H groups in total. The van der Waals surface area contributed by atoms with E-state index < -0.39 is 0 Å². The fraction of sp³-hybridized carbons (Fsp3) is 0.231. The number of hydrogen-bond acceptors (Lipinski definition) is 5. The minimum absolute atomic E-state index is 0.0277. The van der Waals surface area contributed by atoms with E-state index in [-0.39, 0.29) is 5.96 Å². The molecule has 2 rings (SSSR count). The molecule has 0 atom stereocenters. The van der Waals surface area contributed by atoms with Gasteiger partial charge in [0.25, 0.3) is 0 Å². The maximum Gasteiger partial charge on any atom is 0.235 e. The fourth-order valence-corrected chi connectivity index (χ4v) is 2.18. The van der Waals surface area contributed by atoms with Crippen molar-refractivity contribution in [1.82, 2.24) is 15.5 Å². The standard InChI is InChI=1S/C13H17N7S/c1-8(2)16-7-17-10-5-3-9(4-6-10)11-19-20-13(21-11)18-12(14)15/h3-8H,1-2H3,(H,16,17)(H4,14,15,18,20). The lowest BCUT2D eigenvalue weighted by Crippen LogP contribution is -2.21. The van der Waals surface area contributed by atoms with Crippen LogP contribution in [0.25, 0.3) is 10.6 Å². The first-order chi connectivity index (χ1) is 10.0. The third-order valence-corrected chi connectivity index (χ3v) is 3.24. The van der Waals surface area contributed by atoms with Crippen LogP contribution in [0.4, 0.5) is 10.8 Å². The second-order valence-corrected chi connectivity index (χ2v) is 5.51. The molecule has 0 aliphatic carbocycles. The molecule has 1 aromatic carbocycles. The van der Waals surface area contributed by atoms with Crippen molar-refractivity contribution in [3.05, 3.63) is 24.3 Å². The lowest BCUT2D eigenvalue weighted by molar-refractivity contribution is 0.744. The SMILES string of the molecule is CC(C)N/C=N/c1ccc(-c2nnc(N=C(N)N)s2)cc1. The van der Waals surface area contributed by atoms with Crippen LogP contribution in [-0.2, 0) is 0 Å². The van der Waals surface area contributed by atoms with E-state index in [9.17, 15) is 0 Å². The van der Waals surface area contributed by atoms with Gasteiger partial charge in [-0.05, 0) is 38.1 Å². The number of guanidine groups is 1. The van der Waals surface area contributed by atoms with Gasteiger partial charge in [-0.25, -0.2) is 4.99 Å². The first-order valence-corrected chi connectivity index (χ1v) is 7.18. The van der Waals surface area contributed by atoms with Crippen molar-refractivity contribution in [2.75, 3.05) is 0 Å². The van der Waals surface area contributed by atoms with E-state index >= 15 is 0 Å². The maximum atomic E-state index is 5.30. The van der Waals surface area contributed by atoms with E-state index in [1.165, 1.54) is 11.3 Å². The van der Waals surface area contributed by atoms with E-state index in [0.717, 1.165) is 16.3 Å². The summed E-state index contributed by atoms with van der Waals surface area (Å²) in [5.74, 6) is -0.0277. The van der Waals surface area contributed by atoms with Gasteiger partial charge in [-0.2, -0.15) is 4.99 Å². The molecule has 0 saturated heterocycles. The van der Waals surface area contributed by atoms with Gasteiger partial charge in [0.1, 0.15) is 5.01 Å². The fourth-order valence-electron chi connectivity index (χ4n) is 1.44. The molecule has 0 radical (unpaired) electrons. The number of rotatable bonds is 5. The summed E-state index contributed by atoms with van der Waals surface area (Å²) in [5, 5.41) is 12.3. The Labute approximate surface area is 126 Å². The molecule has 0 aliphatic rings. The van der Waals surface area contributed by atoms with Gasteiger partial charge in [-0.15, -0.1) is 10.2 Å². The van der Waals surface area contributed by atoms with Crippen molar-refractivity contribution in [1.29, 1.82) is 0 Å². The summed E-state index contributed by atoms with van der Waals surface area (Å²) in [7, 11) is 0. The number of nitrogens with one attached hydrogen (secondary N) is 1. The summed E-state index contributed by atoms with van der Waals surface area (Å²) in [6.45, 7) is 4.11. The van der Waals surface area contributed by atoms with Crippen molar-refractivity contribution in [2.24, 2.45) is 21.5 Å². The molecule has 0 aliphatic heterocycles. The Morgan fingerprint density at radius 3 is 2.57 bits per heavy atom. The molecule has 0 saturated carbocycles. The van der Waals surface area contributed by atoms with Gasteiger partial charge in [0, 0.05) is 11.6 Å². The molecule has 2 aromatic rings. The molecular formula is C13H17N7S. The predicted octanol–water partition coefficient (Wildman–Crippen LogP) is 1.77. The molecule has 21 heavy (non-hydrogen) atoms. The highest BCUT2D eigenvalue weighted by Gasteiger charge is 2.06. The smallest absolute Gasteiger partial charge is 0.235 e. The molecule has 7 nitrogen and oxygen atoms in total. The summed E-state index contributed by atoms with van der Waals surface area (Å²) in [4.78, 5) is 8.17. The molecule has 1 heterocycles. The second-order valence-electron chi connectivity index (χ2n) is 4.55. The van der Waals surface area contributed by atoms with Gasteiger partial charge < -0.3 is 16.8 Å². The molecule has 0 unspecified atom stereocenters.